The molecule has 0 saturated carbocycles. The number of amides is 2. The van der Waals surface area contributed by atoms with Gasteiger partial charge in [-0.15, -0.1) is 0 Å². The molecular formula is C31H26N6O4. The highest BCUT2D eigenvalue weighted by molar-refractivity contribution is 6.06. The van der Waals surface area contributed by atoms with Crippen molar-refractivity contribution in [3.63, 3.8) is 0 Å². The Morgan fingerprint density at radius 1 is 1.10 bits per heavy atom. The highest BCUT2D eigenvalue weighted by Gasteiger charge is 2.51. The topological polar surface area (TPSA) is 139 Å². The molecule has 3 aromatic heterocycles. The summed E-state index contributed by atoms with van der Waals surface area (Å²) in [5, 5.41) is 14.6. The van der Waals surface area contributed by atoms with Gasteiger partial charge in [-0.3, -0.25) is 19.7 Å². The van der Waals surface area contributed by atoms with E-state index in [1.54, 1.807) is 18.5 Å². The minimum atomic E-state index is -0.891. The lowest BCUT2D eigenvalue weighted by Crippen LogP contribution is -2.43. The predicted molar refractivity (Wildman–Crippen MR) is 152 cm³/mol. The van der Waals surface area contributed by atoms with E-state index < -0.39 is 23.3 Å². The summed E-state index contributed by atoms with van der Waals surface area (Å²) in [6.45, 7) is 1.97. The molecule has 0 radical (unpaired) electrons. The van der Waals surface area contributed by atoms with E-state index in [2.05, 4.69) is 30.8 Å². The quantitative estimate of drug-likeness (QED) is 0.288. The van der Waals surface area contributed by atoms with Crippen LogP contribution in [0.2, 0.25) is 0 Å². The van der Waals surface area contributed by atoms with E-state index in [-0.39, 0.29) is 12.3 Å². The normalized spacial score (nSPS) is 17.9. The summed E-state index contributed by atoms with van der Waals surface area (Å²) in [5.74, 6) is -0.398. The Morgan fingerprint density at radius 3 is 2.76 bits per heavy atom. The number of methoxy groups -OCH3 is 1. The third-order valence-electron chi connectivity index (χ3n) is 8.30. The van der Waals surface area contributed by atoms with Crippen LogP contribution in [0.4, 0.5) is 5.82 Å². The molecule has 1 unspecified atom stereocenters. The molecule has 2 aliphatic rings. The molecule has 0 saturated heterocycles. The van der Waals surface area contributed by atoms with Gasteiger partial charge in [0, 0.05) is 35.2 Å². The van der Waals surface area contributed by atoms with E-state index in [1.807, 2.05) is 43.3 Å². The molecule has 2 atom stereocenters. The lowest BCUT2D eigenvalue weighted by Gasteiger charge is -2.20. The Hall–Kier alpha value is -5.12. The molecular weight excluding hydrogens is 520 g/mol. The molecule has 41 heavy (non-hydrogen) atoms. The lowest BCUT2D eigenvalue weighted by molar-refractivity contribution is -0.142. The van der Waals surface area contributed by atoms with Crippen LogP contribution in [0.15, 0.2) is 61.1 Å². The first kappa shape index (κ1) is 24.9. The van der Waals surface area contributed by atoms with Crippen LogP contribution in [0.3, 0.4) is 0 Å². The Kier molecular flexibility index (Phi) is 5.60. The maximum atomic E-state index is 13.3. The second-order valence-electron chi connectivity index (χ2n) is 10.8. The number of hydrogen-bond donors (Lipinski definition) is 3. The van der Waals surface area contributed by atoms with Crippen LogP contribution < -0.4 is 10.6 Å². The number of fused-ring (bicyclic) bond motifs is 5. The second-order valence-corrected chi connectivity index (χ2v) is 10.8. The SMILES string of the molecule is COC(=O)C(Cc1cc(C)c2cn[nH]c2c1)NC(=O)c1cnc2cc3c(cc2c1)C[C@@]1(C3)C(=O)Nc2ncccc21. The third-order valence-corrected chi connectivity index (χ3v) is 8.30. The largest absolute Gasteiger partial charge is 0.467 e. The zero-order chi connectivity index (χ0) is 28.3. The number of hydrogen-bond acceptors (Lipinski definition) is 7. The number of carbonyl (C=O) groups excluding carboxylic acids is 3. The Labute approximate surface area is 234 Å². The van der Waals surface area contributed by atoms with E-state index in [0.29, 0.717) is 24.2 Å². The smallest absolute Gasteiger partial charge is 0.328 e. The Balaban J connectivity index is 1.15. The number of benzene rings is 2. The van der Waals surface area contributed by atoms with Crippen LogP contribution in [-0.2, 0) is 39.0 Å². The highest BCUT2D eigenvalue weighted by Crippen LogP contribution is 2.47. The summed E-state index contributed by atoms with van der Waals surface area (Å²) in [4.78, 5) is 47.9. The zero-order valence-corrected chi connectivity index (χ0v) is 22.4. The van der Waals surface area contributed by atoms with Crippen LogP contribution in [0.25, 0.3) is 21.8 Å². The van der Waals surface area contributed by atoms with Gasteiger partial charge in [0.2, 0.25) is 5.91 Å². The molecule has 1 aliphatic carbocycles. The monoisotopic (exact) mass is 546 g/mol. The number of anilines is 1. The van der Waals surface area contributed by atoms with Crippen molar-refractivity contribution in [2.75, 3.05) is 12.4 Å². The molecule has 2 aromatic carbocycles. The number of carbonyl (C=O) groups is 3. The van der Waals surface area contributed by atoms with Gasteiger partial charge in [-0.05, 0) is 72.4 Å². The Bertz CT molecular complexity index is 1910. The molecule has 2 amide bonds. The zero-order valence-electron chi connectivity index (χ0n) is 22.4. The fraction of sp³-hybridized carbons (Fsp3) is 0.226. The van der Waals surface area contributed by atoms with Crippen LogP contribution in [0.1, 0.15) is 38.2 Å². The first-order valence-electron chi connectivity index (χ1n) is 13.3. The molecule has 204 valence electrons. The van der Waals surface area contributed by atoms with Crippen molar-refractivity contribution in [2.24, 2.45) is 0 Å². The second kappa shape index (κ2) is 9.22. The van der Waals surface area contributed by atoms with Crippen LogP contribution in [0.5, 0.6) is 0 Å². The van der Waals surface area contributed by atoms with Crippen LogP contribution in [-0.4, -0.2) is 51.1 Å². The first-order valence-corrected chi connectivity index (χ1v) is 13.3. The molecule has 5 aromatic rings. The van der Waals surface area contributed by atoms with Crippen LogP contribution >= 0.6 is 0 Å². The third kappa shape index (κ3) is 4.02. The number of aromatic amines is 1. The number of pyridine rings is 2. The van der Waals surface area contributed by atoms with Crippen LogP contribution in [0, 0.1) is 6.92 Å². The van der Waals surface area contributed by atoms with Crippen molar-refractivity contribution in [3.05, 3.63) is 94.4 Å². The minimum Gasteiger partial charge on any atom is -0.467 e. The van der Waals surface area contributed by atoms with E-state index in [4.69, 9.17) is 4.74 Å². The maximum Gasteiger partial charge on any atom is 0.328 e. The van der Waals surface area contributed by atoms with E-state index >= 15 is 0 Å². The molecule has 0 fully saturated rings. The molecule has 4 heterocycles. The average Bonchev–Trinajstić information content (AvgIpc) is 3.66. The number of H-pyrrole nitrogens is 1. The van der Waals surface area contributed by atoms with E-state index in [1.165, 1.54) is 13.3 Å². The van der Waals surface area contributed by atoms with E-state index in [0.717, 1.165) is 49.6 Å². The summed E-state index contributed by atoms with van der Waals surface area (Å²) < 4.78 is 5.00. The molecule has 1 aliphatic heterocycles. The first-order chi connectivity index (χ1) is 19.8. The highest BCUT2D eigenvalue weighted by atomic mass is 16.5. The predicted octanol–water partition coefficient (Wildman–Crippen LogP) is 3.32. The maximum absolute atomic E-state index is 13.3. The molecule has 3 N–H and O–H groups in total. The number of ether oxygens (including phenoxy) is 1. The lowest BCUT2D eigenvalue weighted by atomic mass is 9.79. The van der Waals surface area contributed by atoms with Gasteiger partial charge in [-0.1, -0.05) is 12.1 Å². The summed E-state index contributed by atoms with van der Waals surface area (Å²) in [6.07, 6.45) is 6.30. The van der Waals surface area contributed by atoms with Crippen molar-refractivity contribution < 1.29 is 19.1 Å². The van der Waals surface area contributed by atoms with Crippen molar-refractivity contribution in [1.82, 2.24) is 25.5 Å². The van der Waals surface area contributed by atoms with E-state index in [9.17, 15) is 14.4 Å². The van der Waals surface area contributed by atoms with Crippen molar-refractivity contribution in [3.8, 4) is 0 Å². The van der Waals surface area contributed by atoms with Gasteiger partial charge in [-0.25, -0.2) is 9.78 Å². The van der Waals surface area contributed by atoms with Gasteiger partial charge in [0.05, 0.1) is 35.3 Å². The number of aryl methyl sites for hydroxylation is 1. The van der Waals surface area contributed by atoms with Crippen molar-refractivity contribution >= 4 is 45.4 Å². The van der Waals surface area contributed by atoms with Crippen molar-refractivity contribution in [2.45, 2.75) is 37.6 Å². The number of nitrogens with one attached hydrogen (secondary N) is 3. The molecule has 1 spiro atoms. The molecule has 0 bridgehead atoms. The van der Waals surface area contributed by atoms with Gasteiger partial charge in [0.15, 0.2) is 0 Å². The Morgan fingerprint density at radius 2 is 1.93 bits per heavy atom. The number of rotatable bonds is 5. The fourth-order valence-electron chi connectivity index (χ4n) is 6.26. The standard InChI is InChI=1S/C31H26N6O4/c1-16-6-17(7-25-22(16)15-34-37-25)8-26(29(39)41-2)35-28(38)21-10-18-9-19-12-31(13-20(19)11-24(18)33-14-21)23-4-3-5-32-27(23)36-30(31)40/h3-7,9-11,14-15,26H,8,12-13H2,1-2H3,(H,34,37)(H,35,38)(H,32,36,40)/t26?,31-/m0/s1. The fourth-order valence-corrected chi connectivity index (χ4v) is 6.26. The van der Waals surface area contributed by atoms with Gasteiger partial charge in [-0.2, -0.15) is 5.10 Å². The minimum absolute atomic E-state index is 0.0461. The summed E-state index contributed by atoms with van der Waals surface area (Å²) in [6, 6.07) is 12.6. The molecule has 10 nitrogen and oxygen atoms in total. The average molecular weight is 547 g/mol. The van der Waals surface area contributed by atoms with Gasteiger partial charge in [0.1, 0.15) is 11.9 Å². The number of esters is 1. The summed E-state index contributed by atoms with van der Waals surface area (Å²) >= 11 is 0. The molecule has 7 rings (SSSR count). The summed E-state index contributed by atoms with van der Waals surface area (Å²) in [5.41, 5.74) is 6.13. The number of nitrogens with zero attached hydrogens (tertiary/aromatic N) is 3. The molecule has 10 heteroatoms. The van der Waals surface area contributed by atoms with Gasteiger partial charge >= 0.3 is 5.97 Å². The number of aromatic nitrogens is 4. The van der Waals surface area contributed by atoms with Gasteiger partial charge < -0.3 is 15.4 Å². The van der Waals surface area contributed by atoms with Gasteiger partial charge in [0.25, 0.3) is 5.91 Å². The van der Waals surface area contributed by atoms with Crippen molar-refractivity contribution in [1.29, 1.82) is 0 Å². The summed E-state index contributed by atoms with van der Waals surface area (Å²) in [7, 11) is 1.30.